The minimum Gasteiger partial charge on any atom is -0.270 e. The number of halogens is 1. The van der Waals surface area contributed by atoms with Crippen molar-refractivity contribution in [1.29, 1.82) is 0 Å². The molecule has 0 atom stereocenters. The van der Waals surface area contributed by atoms with Gasteiger partial charge in [0.05, 0.1) is 5.69 Å². The molecule has 0 N–H and O–H groups in total. The third kappa shape index (κ3) is 1.95. The summed E-state index contributed by atoms with van der Waals surface area (Å²) in [5.74, 6) is 0.884. The van der Waals surface area contributed by atoms with E-state index >= 15 is 0 Å². The van der Waals surface area contributed by atoms with E-state index < -0.39 is 0 Å². The van der Waals surface area contributed by atoms with Crippen LogP contribution >= 0.6 is 11.6 Å². The van der Waals surface area contributed by atoms with Crippen molar-refractivity contribution < 1.29 is 0 Å². The van der Waals surface area contributed by atoms with Gasteiger partial charge in [0.2, 0.25) is 5.28 Å². The third-order valence-corrected chi connectivity index (χ3v) is 2.72. The summed E-state index contributed by atoms with van der Waals surface area (Å²) in [7, 11) is 0. The Bertz CT molecular complexity index is 497. The van der Waals surface area contributed by atoms with Crippen molar-refractivity contribution in [3.8, 4) is 5.69 Å². The lowest BCUT2D eigenvalue weighted by atomic mass is 10.1. The van der Waals surface area contributed by atoms with Crippen LogP contribution in [0.1, 0.15) is 23.9 Å². The number of hydrogen-bond acceptors (Lipinski definition) is 2. The zero-order valence-corrected chi connectivity index (χ0v) is 10.4. The predicted molar refractivity (Wildman–Crippen MR) is 65.2 cm³/mol. The first kappa shape index (κ1) is 11.1. The van der Waals surface area contributed by atoms with Gasteiger partial charge in [0, 0.05) is 6.42 Å². The fourth-order valence-corrected chi connectivity index (χ4v) is 2.09. The van der Waals surface area contributed by atoms with Gasteiger partial charge in [-0.15, -0.1) is 10.2 Å². The highest BCUT2D eigenvalue weighted by molar-refractivity contribution is 6.28. The topological polar surface area (TPSA) is 30.7 Å². The molecule has 4 heteroatoms. The van der Waals surface area contributed by atoms with Crippen molar-refractivity contribution in [2.24, 2.45) is 0 Å². The standard InChI is InChI=1S/C12H14ClN3/c1-4-11-14-15-12(13)16(11)10-6-8(2)5-9(3)7-10/h5-7H,4H2,1-3H3. The van der Waals surface area contributed by atoms with E-state index in [-0.39, 0.29) is 0 Å². The van der Waals surface area contributed by atoms with Crippen molar-refractivity contribution in [1.82, 2.24) is 14.8 Å². The highest BCUT2D eigenvalue weighted by Crippen LogP contribution is 2.19. The van der Waals surface area contributed by atoms with Crippen LogP contribution in [0.4, 0.5) is 0 Å². The van der Waals surface area contributed by atoms with Crippen LogP contribution in [0.2, 0.25) is 5.28 Å². The van der Waals surface area contributed by atoms with Crippen molar-refractivity contribution in [2.75, 3.05) is 0 Å². The summed E-state index contributed by atoms with van der Waals surface area (Å²) in [4.78, 5) is 0. The van der Waals surface area contributed by atoms with Gasteiger partial charge in [0.1, 0.15) is 5.82 Å². The molecule has 0 aliphatic rings. The molecule has 3 nitrogen and oxygen atoms in total. The summed E-state index contributed by atoms with van der Waals surface area (Å²) in [6.07, 6.45) is 0.812. The van der Waals surface area contributed by atoms with Crippen molar-refractivity contribution in [3.63, 3.8) is 0 Å². The fraction of sp³-hybridized carbons (Fsp3) is 0.333. The van der Waals surface area contributed by atoms with Crippen LogP contribution in [0, 0.1) is 13.8 Å². The van der Waals surface area contributed by atoms with E-state index in [0.717, 1.165) is 17.9 Å². The molecule has 1 aromatic heterocycles. The minimum atomic E-state index is 0.418. The van der Waals surface area contributed by atoms with Crippen LogP contribution < -0.4 is 0 Å². The van der Waals surface area contributed by atoms with Crippen LogP contribution in [-0.4, -0.2) is 14.8 Å². The van der Waals surface area contributed by atoms with Gasteiger partial charge in [0.25, 0.3) is 0 Å². The van der Waals surface area contributed by atoms with Crippen LogP contribution in [0.5, 0.6) is 0 Å². The molecule has 0 saturated carbocycles. The molecule has 0 spiro atoms. The lowest BCUT2D eigenvalue weighted by Gasteiger charge is -2.08. The smallest absolute Gasteiger partial charge is 0.229 e. The molecule has 0 fully saturated rings. The Morgan fingerprint density at radius 2 is 1.75 bits per heavy atom. The van der Waals surface area contributed by atoms with Crippen LogP contribution in [0.25, 0.3) is 5.69 Å². The molecule has 0 radical (unpaired) electrons. The summed E-state index contributed by atoms with van der Waals surface area (Å²) in [6.45, 7) is 6.18. The first-order valence-corrected chi connectivity index (χ1v) is 5.68. The van der Waals surface area contributed by atoms with E-state index in [0.29, 0.717) is 5.28 Å². The summed E-state index contributed by atoms with van der Waals surface area (Å²) in [5.41, 5.74) is 3.45. The Morgan fingerprint density at radius 1 is 1.12 bits per heavy atom. The molecule has 16 heavy (non-hydrogen) atoms. The van der Waals surface area contributed by atoms with Crippen molar-refractivity contribution in [3.05, 3.63) is 40.4 Å². The average Bonchev–Trinajstić information content (AvgIpc) is 2.58. The number of benzene rings is 1. The van der Waals surface area contributed by atoms with Gasteiger partial charge >= 0.3 is 0 Å². The lowest BCUT2D eigenvalue weighted by Crippen LogP contribution is -2.01. The predicted octanol–water partition coefficient (Wildman–Crippen LogP) is 3.10. The van der Waals surface area contributed by atoms with E-state index in [1.165, 1.54) is 11.1 Å². The third-order valence-electron chi connectivity index (χ3n) is 2.47. The van der Waals surface area contributed by atoms with E-state index in [1.54, 1.807) is 0 Å². The quantitative estimate of drug-likeness (QED) is 0.801. The van der Waals surface area contributed by atoms with Gasteiger partial charge in [-0.3, -0.25) is 4.57 Å². The van der Waals surface area contributed by atoms with E-state index in [9.17, 15) is 0 Å². The molecule has 0 bridgehead atoms. The molecule has 0 unspecified atom stereocenters. The Labute approximate surface area is 100 Å². The molecular formula is C12H14ClN3. The Balaban J connectivity index is 2.61. The molecule has 1 heterocycles. The number of hydrogen-bond donors (Lipinski definition) is 0. The zero-order chi connectivity index (χ0) is 11.7. The van der Waals surface area contributed by atoms with E-state index in [4.69, 9.17) is 11.6 Å². The maximum Gasteiger partial charge on any atom is 0.229 e. The van der Waals surface area contributed by atoms with Crippen LogP contribution in [0.3, 0.4) is 0 Å². The summed E-state index contributed by atoms with van der Waals surface area (Å²) >= 11 is 6.05. The Morgan fingerprint density at radius 3 is 2.31 bits per heavy atom. The summed E-state index contributed by atoms with van der Waals surface area (Å²) in [5, 5.41) is 8.37. The maximum atomic E-state index is 6.05. The maximum absolute atomic E-state index is 6.05. The zero-order valence-electron chi connectivity index (χ0n) is 9.66. The van der Waals surface area contributed by atoms with Crippen molar-refractivity contribution >= 4 is 11.6 Å². The SMILES string of the molecule is CCc1nnc(Cl)n1-c1cc(C)cc(C)c1. The van der Waals surface area contributed by atoms with Crippen LogP contribution in [0.15, 0.2) is 18.2 Å². The molecule has 0 aliphatic heterocycles. The second-order valence-electron chi connectivity index (χ2n) is 3.92. The van der Waals surface area contributed by atoms with Gasteiger partial charge < -0.3 is 0 Å². The molecule has 84 valence electrons. The first-order valence-electron chi connectivity index (χ1n) is 5.30. The van der Waals surface area contributed by atoms with E-state index in [2.05, 4.69) is 42.2 Å². The normalized spacial score (nSPS) is 10.8. The molecule has 2 aromatic rings. The average molecular weight is 236 g/mol. The highest BCUT2D eigenvalue weighted by Gasteiger charge is 2.10. The molecule has 0 saturated heterocycles. The fourth-order valence-electron chi connectivity index (χ4n) is 1.86. The molecular weight excluding hydrogens is 222 g/mol. The Kier molecular flexibility index (Phi) is 2.97. The van der Waals surface area contributed by atoms with Gasteiger partial charge in [-0.2, -0.15) is 0 Å². The number of aryl methyl sites for hydroxylation is 3. The number of aromatic nitrogens is 3. The minimum absolute atomic E-state index is 0.418. The summed E-state index contributed by atoms with van der Waals surface area (Å²) in [6, 6.07) is 6.30. The van der Waals surface area contributed by atoms with Gasteiger partial charge in [-0.25, -0.2) is 0 Å². The Hall–Kier alpha value is -1.35. The lowest BCUT2D eigenvalue weighted by molar-refractivity contribution is 0.882. The largest absolute Gasteiger partial charge is 0.270 e. The first-order chi connectivity index (χ1) is 7.61. The number of nitrogens with zero attached hydrogens (tertiary/aromatic N) is 3. The van der Waals surface area contributed by atoms with Gasteiger partial charge in [-0.1, -0.05) is 13.0 Å². The van der Waals surface area contributed by atoms with Crippen LogP contribution in [-0.2, 0) is 6.42 Å². The summed E-state index contributed by atoms with van der Waals surface area (Å²) < 4.78 is 1.89. The second-order valence-corrected chi connectivity index (χ2v) is 4.26. The van der Waals surface area contributed by atoms with Gasteiger partial charge in [0.15, 0.2) is 0 Å². The molecule has 0 aliphatic carbocycles. The van der Waals surface area contributed by atoms with E-state index in [1.807, 2.05) is 11.5 Å². The second kappa shape index (κ2) is 4.26. The molecule has 2 rings (SSSR count). The molecule has 1 aromatic carbocycles. The molecule has 0 amide bonds. The monoisotopic (exact) mass is 235 g/mol. The van der Waals surface area contributed by atoms with Gasteiger partial charge in [-0.05, 0) is 48.7 Å². The number of rotatable bonds is 2. The van der Waals surface area contributed by atoms with Crippen molar-refractivity contribution in [2.45, 2.75) is 27.2 Å². The highest BCUT2D eigenvalue weighted by atomic mass is 35.5.